The van der Waals surface area contributed by atoms with Gasteiger partial charge >= 0.3 is 0 Å². The molecule has 0 radical (unpaired) electrons. The molecular formula is C21H31N5O. The van der Waals surface area contributed by atoms with E-state index in [2.05, 4.69) is 24.7 Å². The van der Waals surface area contributed by atoms with Crippen LogP contribution in [0.4, 0.5) is 5.69 Å². The quantitative estimate of drug-likeness (QED) is 0.817. The van der Waals surface area contributed by atoms with Crippen LogP contribution in [0, 0.1) is 11.3 Å². The molecule has 27 heavy (non-hydrogen) atoms. The van der Waals surface area contributed by atoms with Crippen LogP contribution in [-0.2, 0) is 4.79 Å². The smallest absolute Gasteiger partial charge is 0.225 e. The fraction of sp³-hybridized carbons (Fsp3) is 0.762. The van der Waals surface area contributed by atoms with Crippen LogP contribution >= 0.6 is 0 Å². The molecule has 4 fully saturated rings. The van der Waals surface area contributed by atoms with Gasteiger partial charge in [-0.15, -0.1) is 0 Å². The molecule has 6 heteroatoms. The highest BCUT2D eigenvalue weighted by atomic mass is 16.2. The monoisotopic (exact) mass is 369 g/mol. The molecule has 2 aliphatic heterocycles. The van der Waals surface area contributed by atoms with E-state index in [1.165, 1.54) is 32.1 Å². The second-order valence-electron chi connectivity index (χ2n) is 9.13. The van der Waals surface area contributed by atoms with E-state index in [9.17, 15) is 4.79 Å². The maximum atomic E-state index is 12.9. The molecule has 2 saturated carbocycles. The Morgan fingerprint density at radius 2 is 1.63 bits per heavy atom. The standard InChI is InChI=1S/C21H31N5O/c27-20(26-10-8-25(9-11-26)18-2-1-3-18)17-12-21(13-17)4-6-24(7-5-21)19-14-22-16-23-15-19/h14-18H,1-13H2. The van der Waals surface area contributed by atoms with Crippen molar-refractivity contribution >= 4 is 11.6 Å². The molecule has 0 bridgehead atoms. The Kier molecular flexibility index (Phi) is 4.54. The van der Waals surface area contributed by atoms with E-state index >= 15 is 0 Å². The van der Waals surface area contributed by atoms with Gasteiger partial charge in [0.2, 0.25) is 5.91 Å². The molecule has 5 rings (SSSR count). The summed E-state index contributed by atoms with van der Waals surface area (Å²) in [6.45, 7) is 6.19. The van der Waals surface area contributed by atoms with Crippen molar-refractivity contribution in [1.29, 1.82) is 0 Å². The van der Waals surface area contributed by atoms with Crippen molar-refractivity contribution in [1.82, 2.24) is 19.8 Å². The van der Waals surface area contributed by atoms with Crippen molar-refractivity contribution in [2.75, 3.05) is 44.2 Å². The van der Waals surface area contributed by atoms with Gasteiger partial charge in [-0.3, -0.25) is 9.69 Å². The van der Waals surface area contributed by atoms with Gasteiger partial charge in [-0.1, -0.05) is 6.42 Å². The number of nitrogens with zero attached hydrogens (tertiary/aromatic N) is 5. The van der Waals surface area contributed by atoms with Gasteiger partial charge in [-0.25, -0.2) is 9.97 Å². The number of amides is 1. The Hall–Kier alpha value is -1.69. The SMILES string of the molecule is O=C(C1CC2(CCN(c3cncnc3)CC2)C1)N1CCN(C2CCC2)CC1. The third-order valence-corrected chi connectivity index (χ3v) is 7.66. The number of hydrogen-bond donors (Lipinski definition) is 0. The first-order valence-electron chi connectivity index (χ1n) is 10.8. The van der Waals surface area contributed by atoms with Crippen molar-refractivity contribution in [3.63, 3.8) is 0 Å². The highest BCUT2D eigenvalue weighted by molar-refractivity contribution is 5.80. The molecule has 146 valence electrons. The van der Waals surface area contributed by atoms with Crippen LogP contribution in [0.25, 0.3) is 0 Å². The average molecular weight is 370 g/mol. The average Bonchev–Trinajstić information content (AvgIpc) is 2.66. The van der Waals surface area contributed by atoms with Crippen molar-refractivity contribution in [2.45, 2.75) is 51.0 Å². The summed E-state index contributed by atoms with van der Waals surface area (Å²) in [4.78, 5) is 28.4. The fourth-order valence-electron chi connectivity index (χ4n) is 5.58. The van der Waals surface area contributed by atoms with Crippen LogP contribution in [0.2, 0.25) is 0 Å². The Balaban J connectivity index is 1.09. The van der Waals surface area contributed by atoms with Crippen molar-refractivity contribution in [3.8, 4) is 0 Å². The second kappa shape index (κ2) is 7.04. The van der Waals surface area contributed by atoms with Gasteiger partial charge in [-0.2, -0.15) is 0 Å². The molecule has 1 aromatic heterocycles. The summed E-state index contributed by atoms with van der Waals surface area (Å²) < 4.78 is 0. The lowest BCUT2D eigenvalue weighted by Crippen LogP contribution is -2.57. The lowest BCUT2D eigenvalue weighted by Gasteiger charge is -2.53. The molecule has 2 saturated heterocycles. The molecule has 0 atom stereocenters. The Labute approximate surface area is 161 Å². The van der Waals surface area contributed by atoms with Crippen molar-refractivity contribution in [2.24, 2.45) is 11.3 Å². The topological polar surface area (TPSA) is 52.6 Å². The number of piperazine rings is 1. The minimum atomic E-state index is 0.284. The van der Waals surface area contributed by atoms with Gasteiger partial charge in [0, 0.05) is 51.2 Å². The summed E-state index contributed by atoms with van der Waals surface area (Å²) in [6.07, 6.45) is 14.1. The van der Waals surface area contributed by atoms with Gasteiger partial charge in [0.25, 0.3) is 0 Å². The molecule has 4 aliphatic rings. The van der Waals surface area contributed by atoms with E-state index < -0.39 is 0 Å². The zero-order chi connectivity index (χ0) is 18.3. The number of anilines is 1. The van der Waals surface area contributed by atoms with Gasteiger partial charge < -0.3 is 9.80 Å². The molecule has 0 unspecified atom stereocenters. The number of carbonyl (C=O) groups is 1. The summed E-state index contributed by atoms with van der Waals surface area (Å²) in [6, 6.07) is 0.814. The first-order chi connectivity index (χ1) is 13.2. The maximum absolute atomic E-state index is 12.9. The second-order valence-corrected chi connectivity index (χ2v) is 9.13. The van der Waals surface area contributed by atoms with E-state index in [0.29, 0.717) is 11.3 Å². The van der Waals surface area contributed by atoms with E-state index in [4.69, 9.17) is 0 Å². The zero-order valence-corrected chi connectivity index (χ0v) is 16.2. The minimum absolute atomic E-state index is 0.284. The van der Waals surface area contributed by atoms with Gasteiger partial charge in [0.05, 0.1) is 18.1 Å². The third kappa shape index (κ3) is 3.33. The molecule has 1 amide bonds. The molecule has 1 aromatic rings. The van der Waals surface area contributed by atoms with E-state index in [-0.39, 0.29) is 5.92 Å². The lowest BCUT2D eigenvalue weighted by atomic mass is 9.57. The predicted molar refractivity (Wildman–Crippen MR) is 104 cm³/mol. The van der Waals surface area contributed by atoms with E-state index in [0.717, 1.165) is 63.8 Å². The zero-order valence-electron chi connectivity index (χ0n) is 16.2. The van der Waals surface area contributed by atoms with Gasteiger partial charge in [0.15, 0.2) is 0 Å². The number of piperidine rings is 1. The number of carbonyl (C=O) groups excluding carboxylic acids is 1. The van der Waals surface area contributed by atoms with Gasteiger partial charge in [0.1, 0.15) is 6.33 Å². The summed E-state index contributed by atoms with van der Waals surface area (Å²) in [5, 5.41) is 0. The van der Waals surface area contributed by atoms with Crippen LogP contribution in [0.1, 0.15) is 44.9 Å². The van der Waals surface area contributed by atoms with Crippen LogP contribution in [0.15, 0.2) is 18.7 Å². The largest absolute Gasteiger partial charge is 0.369 e. The molecular weight excluding hydrogens is 338 g/mol. The van der Waals surface area contributed by atoms with E-state index in [1.807, 2.05) is 12.4 Å². The number of aromatic nitrogens is 2. The first-order valence-corrected chi connectivity index (χ1v) is 10.8. The van der Waals surface area contributed by atoms with Crippen molar-refractivity contribution < 1.29 is 4.79 Å². The summed E-state index contributed by atoms with van der Waals surface area (Å²) in [5.74, 6) is 0.722. The molecule has 3 heterocycles. The molecule has 6 nitrogen and oxygen atoms in total. The summed E-state index contributed by atoms with van der Waals surface area (Å²) in [5.41, 5.74) is 1.55. The van der Waals surface area contributed by atoms with E-state index in [1.54, 1.807) is 6.33 Å². The molecule has 0 N–H and O–H groups in total. The Morgan fingerprint density at radius 1 is 0.963 bits per heavy atom. The fourth-order valence-corrected chi connectivity index (χ4v) is 5.58. The highest BCUT2D eigenvalue weighted by Crippen LogP contribution is 2.53. The summed E-state index contributed by atoms with van der Waals surface area (Å²) >= 11 is 0. The predicted octanol–water partition coefficient (Wildman–Crippen LogP) is 2.17. The van der Waals surface area contributed by atoms with Crippen LogP contribution in [0.3, 0.4) is 0 Å². The first kappa shape index (κ1) is 17.4. The lowest BCUT2D eigenvalue weighted by molar-refractivity contribution is -0.147. The van der Waals surface area contributed by atoms with Crippen LogP contribution in [0.5, 0.6) is 0 Å². The maximum Gasteiger partial charge on any atom is 0.225 e. The Morgan fingerprint density at radius 3 is 2.22 bits per heavy atom. The number of hydrogen-bond acceptors (Lipinski definition) is 5. The third-order valence-electron chi connectivity index (χ3n) is 7.66. The highest BCUT2D eigenvalue weighted by Gasteiger charge is 2.49. The van der Waals surface area contributed by atoms with Crippen molar-refractivity contribution in [3.05, 3.63) is 18.7 Å². The van der Waals surface area contributed by atoms with Crippen LogP contribution < -0.4 is 4.90 Å². The van der Waals surface area contributed by atoms with Crippen LogP contribution in [-0.4, -0.2) is 71.0 Å². The minimum Gasteiger partial charge on any atom is -0.369 e. The normalized spacial score (nSPS) is 26.7. The number of rotatable bonds is 3. The Bertz CT molecular complexity index is 652. The van der Waals surface area contributed by atoms with Gasteiger partial charge in [-0.05, 0) is 43.9 Å². The molecule has 2 aliphatic carbocycles. The summed E-state index contributed by atoms with van der Waals surface area (Å²) in [7, 11) is 0. The molecule has 0 aromatic carbocycles. The molecule has 1 spiro atoms.